The lowest BCUT2D eigenvalue weighted by Crippen LogP contribution is -2.29. The second kappa shape index (κ2) is 7.40. The summed E-state index contributed by atoms with van der Waals surface area (Å²) in [5.41, 5.74) is 0. The van der Waals surface area contributed by atoms with Gasteiger partial charge in [-0.1, -0.05) is 13.3 Å². The van der Waals surface area contributed by atoms with Gasteiger partial charge < -0.3 is 10.4 Å². The molecule has 4 nitrogen and oxygen atoms in total. The third-order valence-corrected chi connectivity index (χ3v) is 3.54. The molecule has 0 saturated carbocycles. The Morgan fingerprint density at radius 2 is 2.35 bits per heavy atom. The van der Waals surface area contributed by atoms with Crippen molar-refractivity contribution in [3.05, 3.63) is 16.1 Å². The lowest BCUT2D eigenvalue weighted by atomic mass is 10.0. The average molecular weight is 256 g/mol. The van der Waals surface area contributed by atoms with Crippen molar-refractivity contribution in [1.82, 2.24) is 10.3 Å². The highest BCUT2D eigenvalue weighted by molar-refractivity contribution is 7.13. The van der Waals surface area contributed by atoms with Crippen LogP contribution >= 0.6 is 11.3 Å². The van der Waals surface area contributed by atoms with Crippen LogP contribution in [0.3, 0.4) is 0 Å². The van der Waals surface area contributed by atoms with Crippen LogP contribution in [0.1, 0.15) is 40.9 Å². The van der Waals surface area contributed by atoms with E-state index < -0.39 is 0 Å². The molecule has 1 aromatic rings. The van der Waals surface area contributed by atoms with E-state index in [4.69, 9.17) is 5.11 Å². The third-order valence-electron chi connectivity index (χ3n) is 2.63. The summed E-state index contributed by atoms with van der Waals surface area (Å²) < 4.78 is 0. The molecule has 0 aliphatic rings. The van der Waals surface area contributed by atoms with Crippen LogP contribution in [-0.2, 0) is 0 Å². The minimum absolute atomic E-state index is 0.0605. The molecular weight excluding hydrogens is 236 g/mol. The molecule has 0 aliphatic heterocycles. The van der Waals surface area contributed by atoms with Gasteiger partial charge in [0.1, 0.15) is 4.88 Å². The molecule has 2 N–H and O–H groups in total. The van der Waals surface area contributed by atoms with E-state index in [-0.39, 0.29) is 12.5 Å². The maximum absolute atomic E-state index is 11.8. The van der Waals surface area contributed by atoms with Gasteiger partial charge in [-0.25, -0.2) is 4.98 Å². The van der Waals surface area contributed by atoms with Crippen molar-refractivity contribution in [2.24, 2.45) is 5.92 Å². The Bertz CT molecular complexity index is 346. The van der Waals surface area contributed by atoms with E-state index in [9.17, 15) is 4.79 Å². The van der Waals surface area contributed by atoms with Crippen molar-refractivity contribution in [1.29, 1.82) is 0 Å². The van der Waals surface area contributed by atoms with Gasteiger partial charge in [0.25, 0.3) is 5.91 Å². The van der Waals surface area contributed by atoms with Gasteiger partial charge in [-0.3, -0.25) is 4.79 Å². The van der Waals surface area contributed by atoms with E-state index in [0.29, 0.717) is 17.3 Å². The predicted molar refractivity (Wildman–Crippen MR) is 69.3 cm³/mol. The number of thiazole rings is 1. The molecule has 0 spiro atoms. The van der Waals surface area contributed by atoms with Crippen LogP contribution in [-0.4, -0.2) is 29.1 Å². The number of aliphatic hydroxyl groups excluding tert-OH is 1. The standard InChI is InChI=1S/C12H20N2O2S/c1-3-4-10(5-6-15)7-14-12(16)11-8-13-9(2)17-11/h8,10,15H,3-7H2,1-2H3,(H,14,16). The number of hydrogen-bond donors (Lipinski definition) is 2. The molecule has 0 bridgehead atoms. The molecule has 17 heavy (non-hydrogen) atoms. The van der Waals surface area contributed by atoms with Crippen LogP contribution in [0.15, 0.2) is 6.20 Å². The number of amides is 1. The molecule has 0 aromatic carbocycles. The molecule has 0 saturated heterocycles. The molecule has 0 aliphatic carbocycles. The summed E-state index contributed by atoms with van der Waals surface area (Å²) in [6, 6.07) is 0. The summed E-state index contributed by atoms with van der Waals surface area (Å²) in [6.07, 6.45) is 4.45. The van der Waals surface area contributed by atoms with Crippen LogP contribution in [0, 0.1) is 12.8 Å². The first-order valence-electron chi connectivity index (χ1n) is 5.98. The largest absolute Gasteiger partial charge is 0.396 e. The van der Waals surface area contributed by atoms with E-state index in [2.05, 4.69) is 17.2 Å². The normalized spacial score (nSPS) is 12.4. The Labute approximate surface area is 106 Å². The summed E-state index contributed by atoms with van der Waals surface area (Å²) in [6.45, 7) is 4.80. The molecule has 1 heterocycles. The van der Waals surface area contributed by atoms with Crippen LogP contribution < -0.4 is 5.32 Å². The molecule has 1 unspecified atom stereocenters. The summed E-state index contributed by atoms with van der Waals surface area (Å²) in [7, 11) is 0. The Kier molecular flexibility index (Phi) is 6.15. The summed E-state index contributed by atoms with van der Waals surface area (Å²) in [4.78, 5) is 16.5. The summed E-state index contributed by atoms with van der Waals surface area (Å²) in [5.74, 6) is 0.303. The zero-order valence-electron chi connectivity index (χ0n) is 10.4. The smallest absolute Gasteiger partial charge is 0.263 e. The first-order chi connectivity index (χ1) is 8.17. The zero-order chi connectivity index (χ0) is 12.7. The number of nitrogens with one attached hydrogen (secondary N) is 1. The highest BCUT2D eigenvalue weighted by Crippen LogP contribution is 2.13. The van der Waals surface area contributed by atoms with Crippen LogP contribution in [0.25, 0.3) is 0 Å². The van der Waals surface area contributed by atoms with E-state index in [1.54, 1.807) is 6.20 Å². The van der Waals surface area contributed by atoms with Gasteiger partial charge in [0.2, 0.25) is 0 Å². The second-order valence-electron chi connectivity index (χ2n) is 4.12. The maximum atomic E-state index is 11.8. The van der Waals surface area contributed by atoms with Gasteiger partial charge in [-0.15, -0.1) is 11.3 Å². The average Bonchev–Trinajstić information content (AvgIpc) is 2.73. The SMILES string of the molecule is CCCC(CCO)CNC(=O)c1cnc(C)s1. The van der Waals surface area contributed by atoms with Crippen molar-refractivity contribution >= 4 is 17.2 Å². The van der Waals surface area contributed by atoms with Gasteiger partial charge in [-0.2, -0.15) is 0 Å². The lowest BCUT2D eigenvalue weighted by molar-refractivity contribution is 0.0946. The Balaban J connectivity index is 2.40. The lowest BCUT2D eigenvalue weighted by Gasteiger charge is -2.15. The van der Waals surface area contributed by atoms with E-state index in [0.717, 1.165) is 24.3 Å². The summed E-state index contributed by atoms with van der Waals surface area (Å²) >= 11 is 1.40. The molecule has 1 amide bonds. The molecule has 96 valence electrons. The third kappa shape index (κ3) is 4.83. The second-order valence-corrected chi connectivity index (χ2v) is 5.36. The number of hydrogen-bond acceptors (Lipinski definition) is 4. The first-order valence-corrected chi connectivity index (χ1v) is 6.80. The van der Waals surface area contributed by atoms with E-state index in [1.807, 2.05) is 6.92 Å². The van der Waals surface area contributed by atoms with Gasteiger partial charge in [0, 0.05) is 13.2 Å². The van der Waals surface area contributed by atoms with Crippen molar-refractivity contribution in [3.8, 4) is 0 Å². The fourth-order valence-corrected chi connectivity index (χ4v) is 2.42. The van der Waals surface area contributed by atoms with Crippen molar-refractivity contribution in [3.63, 3.8) is 0 Å². The number of aliphatic hydroxyl groups is 1. The number of nitrogens with zero attached hydrogens (tertiary/aromatic N) is 1. The van der Waals surface area contributed by atoms with E-state index in [1.165, 1.54) is 11.3 Å². The molecule has 0 radical (unpaired) electrons. The monoisotopic (exact) mass is 256 g/mol. The Hall–Kier alpha value is -0.940. The minimum Gasteiger partial charge on any atom is -0.396 e. The van der Waals surface area contributed by atoms with Gasteiger partial charge >= 0.3 is 0 Å². The quantitative estimate of drug-likeness (QED) is 0.784. The van der Waals surface area contributed by atoms with Crippen molar-refractivity contribution < 1.29 is 9.90 Å². The van der Waals surface area contributed by atoms with Crippen molar-refractivity contribution in [2.45, 2.75) is 33.1 Å². The maximum Gasteiger partial charge on any atom is 0.263 e. The summed E-state index contributed by atoms with van der Waals surface area (Å²) in [5, 5.41) is 12.7. The fourth-order valence-electron chi connectivity index (χ4n) is 1.73. The molecule has 1 aromatic heterocycles. The van der Waals surface area contributed by atoms with Crippen LogP contribution in [0.5, 0.6) is 0 Å². The number of aromatic nitrogens is 1. The highest BCUT2D eigenvalue weighted by Gasteiger charge is 2.12. The van der Waals surface area contributed by atoms with Crippen molar-refractivity contribution in [2.75, 3.05) is 13.2 Å². The van der Waals surface area contributed by atoms with Crippen LogP contribution in [0.2, 0.25) is 0 Å². The Morgan fingerprint density at radius 1 is 1.59 bits per heavy atom. The van der Waals surface area contributed by atoms with Crippen LogP contribution in [0.4, 0.5) is 0 Å². The minimum atomic E-state index is -0.0605. The number of carbonyl (C=O) groups excluding carboxylic acids is 1. The fraction of sp³-hybridized carbons (Fsp3) is 0.667. The zero-order valence-corrected chi connectivity index (χ0v) is 11.2. The first kappa shape index (κ1) is 14.1. The number of aryl methyl sites for hydroxylation is 1. The van der Waals surface area contributed by atoms with Gasteiger partial charge in [0.15, 0.2) is 0 Å². The van der Waals surface area contributed by atoms with Gasteiger partial charge in [0.05, 0.1) is 11.2 Å². The highest BCUT2D eigenvalue weighted by atomic mass is 32.1. The van der Waals surface area contributed by atoms with E-state index >= 15 is 0 Å². The molecule has 1 atom stereocenters. The molecule has 0 fully saturated rings. The number of carbonyl (C=O) groups is 1. The molecular formula is C12H20N2O2S. The Morgan fingerprint density at radius 3 is 2.88 bits per heavy atom. The number of rotatable bonds is 7. The van der Waals surface area contributed by atoms with Gasteiger partial charge in [-0.05, 0) is 25.7 Å². The predicted octanol–water partition coefficient (Wildman–Crippen LogP) is 1.98. The molecule has 1 rings (SSSR count). The molecule has 5 heteroatoms. The topological polar surface area (TPSA) is 62.2 Å².